The molecule has 0 aromatic heterocycles. The number of carboxylic acids is 1. The van der Waals surface area contributed by atoms with E-state index in [1.54, 1.807) is 12.1 Å². The van der Waals surface area contributed by atoms with Crippen LogP contribution in [0.15, 0.2) is 66.7 Å². The van der Waals surface area contributed by atoms with Gasteiger partial charge in [-0.1, -0.05) is 66.7 Å². The van der Waals surface area contributed by atoms with Crippen molar-refractivity contribution < 1.29 is 43.4 Å². The summed E-state index contributed by atoms with van der Waals surface area (Å²) in [5.41, 5.74) is 7.53. The van der Waals surface area contributed by atoms with Gasteiger partial charge in [0.15, 0.2) is 0 Å². The Hall–Kier alpha value is -4.58. The highest BCUT2D eigenvalue weighted by Gasteiger charge is 2.24. The number of nitrogens with one attached hydrogen (secondary N) is 3. The maximum Gasteiger partial charge on any atom is 0.329 e. The Labute approximate surface area is 278 Å². The van der Waals surface area contributed by atoms with Crippen LogP contribution in [0.5, 0.6) is 0 Å². The van der Waals surface area contributed by atoms with Crippen molar-refractivity contribution in [3.8, 4) is 0 Å². The summed E-state index contributed by atoms with van der Waals surface area (Å²) in [5.74, 6) is -4.19. The van der Waals surface area contributed by atoms with E-state index in [0.717, 1.165) is 22.8 Å². The number of benzene rings is 3. The van der Waals surface area contributed by atoms with E-state index in [-0.39, 0.29) is 25.8 Å². The highest BCUT2D eigenvalue weighted by atomic mass is 31.2. The third kappa shape index (κ3) is 13.6. The smallest absolute Gasteiger partial charge is 0.329 e. The SMILES string of the molecule is NC(=O)C[C@H](NC(=O)CCCCNC(=O)[C@@H](CC(=O)O)Cc1ccc(CP(=O)(O)O)cc1)C(=O)NCCCc1cccc2ccccc12. The highest BCUT2D eigenvalue weighted by molar-refractivity contribution is 7.50. The van der Waals surface area contributed by atoms with E-state index in [1.165, 1.54) is 12.1 Å². The first-order chi connectivity index (χ1) is 22.8. The van der Waals surface area contributed by atoms with E-state index in [0.29, 0.717) is 36.9 Å². The van der Waals surface area contributed by atoms with Crippen LogP contribution in [0.1, 0.15) is 55.2 Å². The molecule has 0 radical (unpaired) electrons. The average molecular weight is 683 g/mol. The van der Waals surface area contributed by atoms with E-state index in [4.69, 9.17) is 15.5 Å². The fraction of sp³-hybridized carbons (Fsp3) is 0.382. The molecule has 8 N–H and O–H groups in total. The van der Waals surface area contributed by atoms with Crippen molar-refractivity contribution in [1.82, 2.24) is 16.0 Å². The molecule has 3 aromatic rings. The number of aliphatic carboxylic acids is 1. The Morgan fingerprint density at radius 1 is 0.771 bits per heavy atom. The zero-order valence-electron chi connectivity index (χ0n) is 26.6. The van der Waals surface area contributed by atoms with E-state index in [2.05, 4.69) is 22.0 Å². The molecular formula is C34H43N4O9P. The topological polar surface area (TPSA) is 225 Å². The van der Waals surface area contributed by atoms with Crippen LogP contribution in [0.3, 0.4) is 0 Å². The predicted octanol–water partition coefficient (Wildman–Crippen LogP) is 2.55. The van der Waals surface area contributed by atoms with Crippen molar-refractivity contribution in [2.75, 3.05) is 13.1 Å². The Bertz CT molecular complexity index is 1620. The highest BCUT2D eigenvalue weighted by Crippen LogP contribution is 2.39. The van der Waals surface area contributed by atoms with Crippen molar-refractivity contribution >= 4 is 48.0 Å². The number of hydrogen-bond acceptors (Lipinski definition) is 6. The van der Waals surface area contributed by atoms with Gasteiger partial charge in [-0.2, -0.15) is 0 Å². The van der Waals surface area contributed by atoms with Gasteiger partial charge in [0.1, 0.15) is 6.04 Å². The van der Waals surface area contributed by atoms with Crippen LogP contribution in [0.2, 0.25) is 0 Å². The quantitative estimate of drug-likeness (QED) is 0.0686. The molecule has 3 aromatic carbocycles. The minimum atomic E-state index is -4.23. The van der Waals surface area contributed by atoms with Crippen molar-refractivity contribution in [3.05, 3.63) is 83.4 Å². The second-order valence-electron chi connectivity index (χ2n) is 11.7. The fourth-order valence-electron chi connectivity index (χ4n) is 5.34. The molecule has 0 unspecified atom stereocenters. The Morgan fingerprint density at radius 2 is 1.42 bits per heavy atom. The van der Waals surface area contributed by atoms with Crippen LogP contribution in [0.25, 0.3) is 10.8 Å². The van der Waals surface area contributed by atoms with Gasteiger partial charge in [0, 0.05) is 19.5 Å². The van der Waals surface area contributed by atoms with Gasteiger partial charge in [-0.05, 0) is 59.6 Å². The summed E-state index contributed by atoms with van der Waals surface area (Å²) >= 11 is 0. The number of unbranched alkanes of at least 4 members (excludes halogenated alkanes) is 1. The van der Waals surface area contributed by atoms with Crippen molar-refractivity contribution in [3.63, 3.8) is 0 Å². The molecule has 14 heteroatoms. The third-order valence-electron chi connectivity index (χ3n) is 7.67. The first-order valence-electron chi connectivity index (χ1n) is 15.7. The number of carboxylic acid groups (broad SMARTS) is 1. The standard InChI is InChI=1S/C34H43N4O9P/c35-30(39)21-29(34(44)37-18-6-10-26-9-5-8-25-7-1-2-11-28(25)26)38-31(40)12-3-4-17-36-33(43)27(20-32(41)42)19-23-13-15-24(16-14-23)22-48(45,46)47/h1-2,5,7-9,11,13-16,27,29H,3-4,6,10,12,17-22H2,(H2,35,39)(H,36,43)(H,37,44)(H,38,40)(H,41,42)(H2,45,46,47)/t27-,29+/m1/s1. The minimum absolute atomic E-state index is 0.0268. The van der Waals surface area contributed by atoms with E-state index >= 15 is 0 Å². The Morgan fingerprint density at radius 3 is 2.10 bits per heavy atom. The predicted molar refractivity (Wildman–Crippen MR) is 180 cm³/mol. The number of hydrogen-bond donors (Lipinski definition) is 7. The second kappa shape index (κ2) is 18.7. The lowest BCUT2D eigenvalue weighted by atomic mass is 9.94. The molecule has 0 aliphatic carbocycles. The summed E-state index contributed by atoms with van der Waals surface area (Å²) in [6.45, 7) is 0.531. The van der Waals surface area contributed by atoms with E-state index in [1.807, 2.05) is 36.4 Å². The first kappa shape index (κ1) is 37.9. The van der Waals surface area contributed by atoms with Crippen LogP contribution in [0.4, 0.5) is 0 Å². The minimum Gasteiger partial charge on any atom is -0.481 e. The van der Waals surface area contributed by atoms with Gasteiger partial charge in [-0.15, -0.1) is 0 Å². The molecule has 3 rings (SSSR count). The molecule has 0 fully saturated rings. The summed E-state index contributed by atoms with van der Waals surface area (Å²) < 4.78 is 11.2. The molecule has 48 heavy (non-hydrogen) atoms. The normalized spacial score (nSPS) is 12.5. The maximum absolute atomic E-state index is 12.8. The third-order valence-corrected chi connectivity index (χ3v) is 8.45. The second-order valence-corrected chi connectivity index (χ2v) is 13.4. The van der Waals surface area contributed by atoms with Crippen LogP contribution in [0, 0.1) is 5.92 Å². The molecule has 4 amide bonds. The number of aryl methyl sites for hydroxylation is 1. The van der Waals surface area contributed by atoms with Crippen LogP contribution in [-0.2, 0) is 47.5 Å². The zero-order chi connectivity index (χ0) is 35.1. The lowest BCUT2D eigenvalue weighted by molar-refractivity contribution is -0.141. The van der Waals surface area contributed by atoms with Gasteiger partial charge in [0.2, 0.25) is 23.6 Å². The average Bonchev–Trinajstić information content (AvgIpc) is 3.02. The number of amides is 4. The van der Waals surface area contributed by atoms with Crippen LogP contribution >= 0.6 is 7.60 Å². The molecular weight excluding hydrogens is 639 g/mol. The zero-order valence-corrected chi connectivity index (χ0v) is 27.5. The number of carbonyl (C=O) groups is 5. The van der Waals surface area contributed by atoms with Gasteiger partial charge >= 0.3 is 13.6 Å². The van der Waals surface area contributed by atoms with Crippen molar-refractivity contribution in [2.45, 2.75) is 63.6 Å². The number of primary amides is 1. The molecule has 0 aliphatic rings. The molecule has 0 saturated carbocycles. The van der Waals surface area contributed by atoms with Crippen LogP contribution < -0.4 is 21.7 Å². The van der Waals surface area contributed by atoms with Gasteiger partial charge in [0.25, 0.3) is 0 Å². The molecule has 0 aliphatic heterocycles. The largest absolute Gasteiger partial charge is 0.481 e. The fourth-order valence-corrected chi connectivity index (χ4v) is 6.03. The van der Waals surface area contributed by atoms with Gasteiger partial charge in [-0.25, -0.2) is 0 Å². The van der Waals surface area contributed by atoms with Crippen molar-refractivity contribution in [2.24, 2.45) is 11.7 Å². The van der Waals surface area contributed by atoms with E-state index < -0.39 is 61.7 Å². The summed E-state index contributed by atoms with van der Waals surface area (Å²) in [6, 6.07) is 19.3. The number of rotatable bonds is 20. The number of carbonyl (C=O) groups excluding carboxylic acids is 4. The first-order valence-corrected chi connectivity index (χ1v) is 17.5. The van der Waals surface area contributed by atoms with Crippen molar-refractivity contribution in [1.29, 1.82) is 0 Å². The van der Waals surface area contributed by atoms with Crippen LogP contribution in [-0.4, -0.2) is 63.6 Å². The summed E-state index contributed by atoms with van der Waals surface area (Å²) in [6.07, 6.45) is 1.10. The van der Waals surface area contributed by atoms with Gasteiger partial charge in [0.05, 0.1) is 24.9 Å². The molecule has 0 bridgehead atoms. The molecule has 2 atom stereocenters. The lowest BCUT2D eigenvalue weighted by Gasteiger charge is -2.18. The van der Waals surface area contributed by atoms with E-state index in [9.17, 15) is 33.6 Å². The summed E-state index contributed by atoms with van der Waals surface area (Å²) in [5, 5.41) is 19.6. The molecule has 258 valence electrons. The maximum atomic E-state index is 12.8. The number of nitrogens with two attached hydrogens (primary N) is 1. The molecule has 0 spiro atoms. The summed E-state index contributed by atoms with van der Waals surface area (Å²) in [7, 11) is -4.23. The molecule has 0 heterocycles. The lowest BCUT2D eigenvalue weighted by Crippen LogP contribution is -2.48. The molecule has 0 saturated heterocycles. The monoisotopic (exact) mass is 682 g/mol. The summed E-state index contributed by atoms with van der Waals surface area (Å²) in [4.78, 5) is 79.3. The Balaban J connectivity index is 1.40. The Kier molecular flexibility index (Phi) is 14.7. The van der Waals surface area contributed by atoms with Gasteiger partial charge in [-0.3, -0.25) is 28.5 Å². The number of fused-ring (bicyclic) bond motifs is 1. The molecule has 13 nitrogen and oxygen atoms in total. The van der Waals surface area contributed by atoms with Gasteiger partial charge < -0.3 is 36.6 Å².